The monoisotopic (exact) mass is 893 g/mol. The van der Waals surface area contributed by atoms with E-state index in [1.54, 1.807) is 0 Å². The van der Waals surface area contributed by atoms with Crippen molar-refractivity contribution in [3.63, 3.8) is 0 Å². The van der Waals surface area contributed by atoms with Gasteiger partial charge in [0.1, 0.15) is 31.3 Å². The number of rotatable bonds is 40. The lowest BCUT2D eigenvalue weighted by atomic mass is 10.0. The minimum atomic E-state index is -4.41. The first-order valence-corrected chi connectivity index (χ1v) is 25.3. The second-order valence-electron chi connectivity index (χ2n) is 17.4. The highest BCUT2D eigenvalue weighted by Gasteiger charge is 2.27. The van der Waals surface area contributed by atoms with Crippen LogP contribution in [-0.4, -0.2) is 86.6 Å². The molecule has 1 rings (SSSR count). The Morgan fingerprint density at radius 3 is 1.71 bits per heavy atom. The predicted octanol–water partition coefficient (Wildman–Crippen LogP) is 12.1. The quantitative estimate of drug-likeness (QED) is 0.0215. The molecule has 0 fully saturated rings. The minimum absolute atomic E-state index is 0.00971. The Hall–Kier alpha value is -2.79. The van der Waals surface area contributed by atoms with E-state index in [0.717, 1.165) is 102 Å². The van der Waals surface area contributed by atoms with Crippen LogP contribution in [0, 0.1) is 13.8 Å². The summed E-state index contributed by atoms with van der Waals surface area (Å²) < 4.78 is 40.6. The zero-order chi connectivity index (χ0) is 45.7. The van der Waals surface area contributed by atoms with Gasteiger partial charge in [-0.15, -0.1) is 0 Å². The minimum Gasteiger partial charge on any atom is -0.466 e. The lowest BCUT2D eigenvalue weighted by molar-refractivity contribution is -0.870. The van der Waals surface area contributed by atoms with E-state index in [4.69, 9.17) is 28.0 Å². The Balaban J connectivity index is 2.37. The predicted molar refractivity (Wildman–Crippen MR) is 252 cm³/mol. The molecule has 0 aliphatic rings. The topological polar surface area (TPSA) is 142 Å². The number of hydrogen-bond donors (Lipinski definition) is 2. The van der Waals surface area contributed by atoms with Gasteiger partial charge in [-0.3, -0.25) is 18.6 Å². The number of phosphoric ester groups is 1. The summed E-state index contributed by atoms with van der Waals surface area (Å²) in [5, 5.41) is 8.81. The van der Waals surface area contributed by atoms with Crippen molar-refractivity contribution >= 4 is 19.8 Å². The molecule has 0 bridgehead atoms. The van der Waals surface area contributed by atoms with E-state index < -0.39 is 32.5 Å². The van der Waals surface area contributed by atoms with Gasteiger partial charge in [-0.05, 0) is 95.6 Å². The maximum absolute atomic E-state index is 12.8. The third-order valence-corrected chi connectivity index (χ3v) is 11.6. The van der Waals surface area contributed by atoms with Crippen LogP contribution in [0.4, 0.5) is 0 Å². The molecular formula is C50H87NO10P+. The molecule has 0 aliphatic carbocycles. The zero-order valence-electron chi connectivity index (χ0n) is 39.8. The number of hydrogen-bond acceptors (Lipinski definition) is 9. The van der Waals surface area contributed by atoms with Crippen molar-refractivity contribution in [3.05, 3.63) is 71.3 Å². The number of esters is 2. The smallest absolute Gasteiger partial charge is 0.466 e. The first-order valence-electron chi connectivity index (χ1n) is 23.8. The number of phosphoric acid groups is 1. The van der Waals surface area contributed by atoms with Gasteiger partial charge in [0.05, 0.1) is 27.7 Å². The van der Waals surface area contributed by atoms with Crippen molar-refractivity contribution in [2.75, 3.05) is 54.1 Å². The van der Waals surface area contributed by atoms with Crippen LogP contribution in [0.5, 0.6) is 0 Å². The average Bonchev–Trinajstić information content (AvgIpc) is 3.49. The summed E-state index contributed by atoms with van der Waals surface area (Å²) in [6.45, 7) is 6.66. The third kappa shape index (κ3) is 32.8. The second-order valence-corrected chi connectivity index (χ2v) is 18.9. The lowest BCUT2D eigenvalue weighted by Crippen LogP contribution is -2.37. The number of unbranched alkanes of at least 4 members (excludes halogenated alkanes) is 13. The summed E-state index contributed by atoms with van der Waals surface area (Å²) in [6, 6.07) is 0. The third-order valence-electron chi connectivity index (χ3n) is 10.6. The summed E-state index contributed by atoms with van der Waals surface area (Å²) in [4.78, 5) is 35.5. The van der Waals surface area contributed by atoms with Gasteiger partial charge in [0.15, 0.2) is 6.10 Å². The van der Waals surface area contributed by atoms with E-state index in [1.165, 1.54) is 49.0 Å². The van der Waals surface area contributed by atoms with Gasteiger partial charge in [-0.25, -0.2) is 4.57 Å². The molecule has 0 saturated heterocycles. The van der Waals surface area contributed by atoms with Crippen molar-refractivity contribution in [1.82, 2.24) is 0 Å². The Kier molecular flexibility index (Phi) is 33.7. The van der Waals surface area contributed by atoms with Crippen LogP contribution in [0.1, 0.15) is 171 Å². The van der Waals surface area contributed by atoms with Gasteiger partial charge in [0.2, 0.25) is 0 Å². The molecule has 1 heterocycles. The molecule has 0 amide bonds. The van der Waals surface area contributed by atoms with Crippen molar-refractivity contribution in [1.29, 1.82) is 0 Å². The van der Waals surface area contributed by atoms with Crippen molar-refractivity contribution in [2.24, 2.45) is 0 Å². The van der Waals surface area contributed by atoms with E-state index in [1.807, 2.05) is 27.2 Å². The number of ether oxygens (including phenoxy) is 2. The van der Waals surface area contributed by atoms with Gasteiger partial charge < -0.3 is 28.4 Å². The van der Waals surface area contributed by atoms with Gasteiger partial charge in [0.25, 0.3) is 0 Å². The number of aliphatic hydroxyl groups excluding tert-OH is 1. The molecule has 0 aliphatic heterocycles. The van der Waals surface area contributed by atoms with E-state index in [2.05, 4.69) is 63.3 Å². The number of carbonyl (C=O) groups excluding carboxylic acids is 2. The van der Waals surface area contributed by atoms with Crippen LogP contribution in [0.2, 0.25) is 0 Å². The molecule has 0 radical (unpaired) electrons. The first-order chi connectivity index (χ1) is 29.8. The Morgan fingerprint density at radius 1 is 0.645 bits per heavy atom. The summed E-state index contributed by atoms with van der Waals surface area (Å²) in [5.74, 6) is 1.42. The van der Waals surface area contributed by atoms with Crippen molar-refractivity contribution in [2.45, 2.75) is 181 Å². The molecule has 1 unspecified atom stereocenters. The summed E-state index contributed by atoms with van der Waals surface area (Å²) >= 11 is 0. The molecule has 62 heavy (non-hydrogen) atoms. The Labute approximate surface area is 376 Å². The van der Waals surface area contributed by atoms with Crippen LogP contribution in [-0.2, 0) is 45.5 Å². The highest BCUT2D eigenvalue weighted by molar-refractivity contribution is 7.47. The fourth-order valence-corrected chi connectivity index (χ4v) is 7.32. The standard InChI is InChI=1S/C50H86NO10P/c1-7-8-30-35-47-44(2)45(3)48(61-47)36-31-26-22-19-20-24-28-33-38-50(54)60-46(43-59-62(55,56)58-41-39-51(4,5)6)42-57-49(53)37-32-27-23-18-16-14-12-10-9-11-13-15-17-21-25-29-34-40-52/h9,11-12,14-15,17-18,23,46,52H,7-8,10,13,16,19-22,24-43H2,1-6H3/p+1/b11-9-,14-12-,17-15-,23-18-/t46-/m1/s1. The van der Waals surface area contributed by atoms with E-state index >= 15 is 0 Å². The number of aliphatic hydroxyl groups is 1. The molecule has 0 aromatic carbocycles. The van der Waals surface area contributed by atoms with Gasteiger partial charge in [-0.2, -0.15) is 0 Å². The van der Waals surface area contributed by atoms with Crippen LogP contribution in [0.3, 0.4) is 0 Å². The van der Waals surface area contributed by atoms with E-state index in [9.17, 15) is 19.0 Å². The highest BCUT2D eigenvalue weighted by atomic mass is 31.2. The van der Waals surface area contributed by atoms with Crippen LogP contribution < -0.4 is 0 Å². The maximum atomic E-state index is 12.8. The summed E-state index contributed by atoms with van der Waals surface area (Å²) in [6.07, 6.45) is 38.6. The highest BCUT2D eigenvalue weighted by Crippen LogP contribution is 2.43. The first kappa shape index (κ1) is 57.2. The lowest BCUT2D eigenvalue weighted by Gasteiger charge is -2.24. The molecule has 11 nitrogen and oxygen atoms in total. The average molecular weight is 893 g/mol. The fraction of sp³-hybridized carbons (Fsp3) is 0.720. The summed E-state index contributed by atoms with van der Waals surface area (Å²) in [5.41, 5.74) is 2.65. The molecule has 12 heteroatoms. The Morgan fingerprint density at radius 2 is 1.15 bits per heavy atom. The van der Waals surface area contributed by atoms with Crippen LogP contribution in [0.25, 0.3) is 0 Å². The van der Waals surface area contributed by atoms with Crippen molar-refractivity contribution in [3.8, 4) is 0 Å². The molecule has 2 atom stereocenters. The number of nitrogens with zero attached hydrogens (tertiary/aromatic N) is 1. The molecular weight excluding hydrogens is 806 g/mol. The van der Waals surface area contributed by atoms with Crippen molar-refractivity contribution < 1.29 is 51.6 Å². The normalized spacial score (nSPS) is 13.9. The summed E-state index contributed by atoms with van der Waals surface area (Å²) in [7, 11) is 1.40. The van der Waals surface area contributed by atoms with Gasteiger partial charge >= 0.3 is 19.8 Å². The number of aryl methyl sites for hydroxylation is 2. The molecule has 1 aromatic rings. The fourth-order valence-electron chi connectivity index (χ4n) is 6.58. The van der Waals surface area contributed by atoms with Gasteiger partial charge in [-0.1, -0.05) is 113 Å². The maximum Gasteiger partial charge on any atom is 0.472 e. The Bertz CT molecular complexity index is 1470. The number of furan rings is 1. The molecule has 356 valence electrons. The molecule has 0 spiro atoms. The largest absolute Gasteiger partial charge is 0.472 e. The zero-order valence-corrected chi connectivity index (χ0v) is 40.7. The number of quaternary nitrogens is 1. The van der Waals surface area contributed by atoms with Crippen LogP contribution >= 0.6 is 7.82 Å². The van der Waals surface area contributed by atoms with E-state index in [0.29, 0.717) is 23.9 Å². The molecule has 1 aromatic heterocycles. The number of likely N-dealkylation sites (N-methyl/N-ethyl adjacent to an activating group) is 1. The second kappa shape index (κ2) is 36.5. The van der Waals surface area contributed by atoms with Crippen LogP contribution in [0.15, 0.2) is 53.0 Å². The molecule has 0 saturated carbocycles. The van der Waals surface area contributed by atoms with Gasteiger partial charge in [0, 0.05) is 32.3 Å². The SMILES string of the molecule is CCCCCc1oc(CCCCCCCCCCC(=O)O[C@H](COC(=O)CCC/C=C\C/C=C\C/C=C\C/C=C\CCCCCO)COP(=O)(O)OCC[N+](C)(C)C)c(C)c1C. The number of carbonyl (C=O) groups is 2. The molecule has 2 N–H and O–H groups in total. The van der Waals surface area contributed by atoms with E-state index in [-0.39, 0.29) is 32.7 Å². The number of allylic oxidation sites excluding steroid dienone is 8.